The zero-order valence-corrected chi connectivity index (χ0v) is 14.4. The van der Waals surface area contributed by atoms with Gasteiger partial charge in [-0.15, -0.1) is 0 Å². The van der Waals surface area contributed by atoms with Crippen LogP contribution in [-0.4, -0.2) is 36.4 Å². The number of nitrogens with two attached hydrogens (primary N) is 1. The standard InChI is InChI=1S/C15H23N3O2S2/c1-2-3-8-17-15(20)12-5-4-6-13(10-12)18-14(19)11-22-21-9-7-16/h4-6,10H,2-3,7-9,11,16H2,1H3,(H,17,20)(H,18,19). The second kappa shape index (κ2) is 11.4. The lowest BCUT2D eigenvalue weighted by atomic mass is 10.2. The minimum atomic E-state index is -0.113. The Bertz CT molecular complexity index is 484. The van der Waals surface area contributed by atoms with Crippen LogP contribution in [0.1, 0.15) is 30.1 Å². The van der Waals surface area contributed by atoms with E-state index in [1.165, 1.54) is 10.8 Å². The van der Waals surface area contributed by atoms with Gasteiger partial charge < -0.3 is 16.4 Å². The first kappa shape index (κ1) is 18.9. The number of unbranched alkanes of at least 4 members (excludes halogenated alkanes) is 1. The summed E-state index contributed by atoms with van der Waals surface area (Å²) in [5.41, 5.74) is 6.58. The maximum atomic E-state index is 12.0. The summed E-state index contributed by atoms with van der Waals surface area (Å²) in [5.74, 6) is 0.985. The third kappa shape index (κ3) is 7.72. The summed E-state index contributed by atoms with van der Waals surface area (Å²) in [6.45, 7) is 3.35. The average molecular weight is 342 g/mol. The van der Waals surface area contributed by atoms with Crippen LogP contribution in [-0.2, 0) is 4.79 Å². The quantitative estimate of drug-likeness (QED) is 0.450. The van der Waals surface area contributed by atoms with Crippen molar-refractivity contribution < 1.29 is 9.59 Å². The fourth-order valence-corrected chi connectivity index (χ4v) is 3.31. The van der Waals surface area contributed by atoms with E-state index in [9.17, 15) is 9.59 Å². The van der Waals surface area contributed by atoms with Gasteiger partial charge in [-0.2, -0.15) is 0 Å². The molecule has 0 unspecified atom stereocenters. The van der Waals surface area contributed by atoms with E-state index in [0.717, 1.165) is 18.6 Å². The number of hydrogen-bond acceptors (Lipinski definition) is 5. The van der Waals surface area contributed by atoms with Crippen LogP contribution in [0.5, 0.6) is 0 Å². The van der Waals surface area contributed by atoms with Gasteiger partial charge in [-0.3, -0.25) is 9.59 Å². The zero-order valence-electron chi connectivity index (χ0n) is 12.8. The lowest BCUT2D eigenvalue weighted by molar-refractivity contribution is -0.113. The van der Waals surface area contributed by atoms with E-state index in [-0.39, 0.29) is 11.8 Å². The normalized spacial score (nSPS) is 10.3. The van der Waals surface area contributed by atoms with Crippen molar-refractivity contribution in [3.8, 4) is 0 Å². The molecule has 7 heteroatoms. The zero-order chi connectivity index (χ0) is 16.2. The minimum Gasteiger partial charge on any atom is -0.352 e. The van der Waals surface area contributed by atoms with Crippen LogP contribution in [0.3, 0.4) is 0 Å². The van der Waals surface area contributed by atoms with Gasteiger partial charge in [0.05, 0.1) is 5.75 Å². The molecule has 4 N–H and O–H groups in total. The molecule has 0 aliphatic rings. The second-order valence-corrected chi connectivity index (χ2v) is 7.19. The molecule has 0 saturated carbocycles. The first-order chi connectivity index (χ1) is 10.7. The van der Waals surface area contributed by atoms with Crippen LogP contribution in [0.2, 0.25) is 0 Å². The Hall–Kier alpha value is -1.18. The van der Waals surface area contributed by atoms with Crippen molar-refractivity contribution >= 4 is 39.1 Å². The summed E-state index contributed by atoms with van der Waals surface area (Å²) < 4.78 is 0. The first-order valence-electron chi connectivity index (χ1n) is 7.30. The van der Waals surface area contributed by atoms with Gasteiger partial charge in [0.1, 0.15) is 0 Å². The smallest absolute Gasteiger partial charge is 0.251 e. The van der Waals surface area contributed by atoms with Crippen molar-refractivity contribution in [3.05, 3.63) is 29.8 Å². The highest BCUT2D eigenvalue weighted by atomic mass is 33.1. The number of rotatable bonds is 10. The maximum Gasteiger partial charge on any atom is 0.251 e. The van der Waals surface area contributed by atoms with Gasteiger partial charge in [-0.05, 0) is 24.6 Å². The van der Waals surface area contributed by atoms with Crippen LogP contribution in [0, 0.1) is 0 Å². The average Bonchev–Trinajstić information content (AvgIpc) is 2.52. The second-order valence-electron chi connectivity index (χ2n) is 4.61. The fraction of sp³-hybridized carbons (Fsp3) is 0.467. The molecule has 0 fully saturated rings. The highest BCUT2D eigenvalue weighted by Gasteiger charge is 2.07. The van der Waals surface area contributed by atoms with E-state index in [2.05, 4.69) is 17.6 Å². The molecule has 5 nitrogen and oxygen atoms in total. The third-order valence-electron chi connectivity index (χ3n) is 2.70. The van der Waals surface area contributed by atoms with E-state index < -0.39 is 0 Å². The van der Waals surface area contributed by atoms with Crippen molar-refractivity contribution in [2.24, 2.45) is 5.73 Å². The molecule has 0 atom stereocenters. The Morgan fingerprint density at radius 2 is 2.09 bits per heavy atom. The van der Waals surface area contributed by atoms with Crippen LogP contribution in [0.25, 0.3) is 0 Å². The molecule has 0 bridgehead atoms. The molecular weight excluding hydrogens is 318 g/mol. The van der Waals surface area contributed by atoms with E-state index >= 15 is 0 Å². The Kier molecular flexibility index (Phi) is 9.77. The number of anilines is 1. The summed E-state index contributed by atoms with van der Waals surface area (Å²) in [6, 6.07) is 6.97. The molecule has 22 heavy (non-hydrogen) atoms. The van der Waals surface area contributed by atoms with Crippen LogP contribution in [0.15, 0.2) is 24.3 Å². The number of carbonyl (C=O) groups excluding carboxylic acids is 2. The number of amides is 2. The molecule has 0 spiro atoms. The molecule has 0 aliphatic heterocycles. The van der Waals surface area contributed by atoms with Crippen molar-refractivity contribution in [2.45, 2.75) is 19.8 Å². The number of benzene rings is 1. The summed E-state index contributed by atoms with van der Waals surface area (Å²) in [7, 11) is 3.05. The molecule has 122 valence electrons. The van der Waals surface area contributed by atoms with Crippen molar-refractivity contribution in [2.75, 3.05) is 29.9 Å². The molecule has 2 amide bonds. The van der Waals surface area contributed by atoms with Gasteiger partial charge in [-0.25, -0.2) is 0 Å². The Labute approximate surface area is 139 Å². The topological polar surface area (TPSA) is 84.2 Å². The molecule has 1 aromatic carbocycles. The van der Waals surface area contributed by atoms with E-state index in [0.29, 0.717) is 30.1 Å². The summed E-state index contributed by atoms with van der Waals surface area (Å²) in [4.78, 5) is 23.7. The number of carbonyl (C=O) groups is 2. The predicted octanol–water partition coefficient (Wildman–Crippen LogP) is 2.50. The van der Waals surface area contributed by atoms with Gasteiger partial charge in [0.25, 0.3) is 5.91 Å². The Morgan fingerprint density at radius 3 is 2.82 bits per heavy atom. The predicted molar refractivity (Wildman–Crippen MR) is 96.3 cm³/mol. The summed E-state index contributed by atoms with van der Waals surface area (Å²) in [6.07, 6.45) is 2.00. The third-order valence-corrected chi connectivity index (χ3v) is 5.00. The molecule has 0 radical (unpaired) electrons. The monoisotopic (exact) mass is 341 g/mol. The van der Waals surface area contributed by atoms with Gasteiger partial charge in [0, 0.05) is 30.1 Å². The van der Waals surface area contributed by atoms with Gasteiger partial charge in [0.2, 0.25) is 5.91 Å². The van der Waals surface area contributed by atoms with Crippen molar-refractivity contribution in [1.29, 1.82) is 0 Å². The van der Waals surface area contributed by atoms with Crippen molar-refractivity contribution in [1.82, 2.24) is 5.32 Å². The molecule has 0 saturated heterocycles. The SMILES string of the molecule is CCCCNC(=O)c1cccc(NC(=O)CSSCCN)c1. The van der Waals surface area contributed by atoms with E-state index in [4.69, 9.17) is 5.73 Å². The number of nitrogens with one attached hydrogen (secondary N) is 2. The lowest BCUT2D eigenvalue weighted by Crippen LogP contribution is -2.24. The molecule has 0 aromatic heterocycles. The summed E-state index contributed by atoms with van der Waals surface area (Å²) in [5, 5.41) is 5.65. The minimum absolute atomic E-state index is 0.0851. The van der Waals surface area contributed by atoms with Gasteiger partial charge in [-0.1, -0.05) is 41.0 Å². The lowest BCUT2D eigenvalue weighted by Gasteiger charge is -2.08. The summed E-state index contributed by atoms with van der Waals surface area (Å²) >= 11 is 0. The molecular formula is C15H23N3O2S2. The van der Waals surface area contributed by atoms with Gasteiger partial charge in [0.15, 0.2) is 0 Å². The van der Waals surface area contributed by atoms with Crippen LogP contribution < -0.4 is 16.4 Å². The maximum absolute atomic E-state index is 12.0. The molecule has 0 aliphatic carbocycles. The van der Waals surface area contributed by atoms with Gasteiger partial charge >= 0.3 is 0 Å². The highest BCUT2D eigenvalue weighted by molar-refractivity contribution is 8.76. The van der Waals surface area contributed by atoms with Crippen LogP contribution >= 0.6 is 21.6 Å². The number of hydrogen-bond donors (Lipinski definition) is 3. The molecule has 1 rings (SSSR count). The van der Waals surface area contributed by atoms with Crippen molar-refractivity contribution in [3.63, 3.8) is 0 Å². The molecule has 0 heterocycles. The van der Waals surface area contributed by atoms with Crippen LogP contribution in [0.4, 0.5) is 5.69 Å². The first-order valence-corrected chi connectivity index (χ1v) is 9.78. The molecule has 1 aromatic rings. The fourth-order valence-electron chi connectivity index (χ4n) is 1.62. The Morgan fingerprint density at radius 1 is 1.27 bits per heavy atom. The Balaban J connectivity index is 2.46. The van der Waals surface area contributed by atoms with E-state index in [1.807, 2.05) is 0 Å². The van der Waals surface area contributed by atoms with E-state index in [1.54, 1.807) is 35.1 Å². The highest BCUT2D eigenvalue weighted by Crippen LogP contribution is 2.20. The largest absolute Gasteiger partial charge is 0.352 e.